The fourth-order valence-electron chi connectivity index (χ4n) is 2.27. The Labute approximate surface area is 137 Å². The topological polar surface area (TPSA) is 74.5 Å². The minimum atomic E-state index is -0.736. The summed E-state index contributed by atoms with van der Waals surface area (Å²) in [7, 11) is 0. The van der Waals surface area contributed by atoms with Crippen molar-refractivity contribution in [3.05, 3.63) is 58.5 Å². The molecule has 6 heteroatoms. The zero-order chi connectivity index (χ0) is 16.1. The number of hydrogen-bond acceptors (Lipinski definition) is 4. The van der Waals surface area contributed by atoms with Crippen LogP contribution in [0.2, 0.25) is 0 Å². The molecule has 3 rings (SSSR count). The van der Waals surface area contributed by atoms with Gasteiger partial charge < -0.3 is 20.2 Å². The van der Waals surface area contributed by atoms with Crippen LogP contribution in [0.25, 0.3) is 11.0 Å². The molecule has 0 unspecified atom stereocenters. The van der Waals surface area contributed by atoms with Gasteiger partial charge in [-0.05, 0) is 30.0 Å². The lowest BCUT2D eigenvalue weighted by molar-refractivity contribution is 0.142. The third-order valence-corrected chi connectivity index (χ3v) is 4.36. The molecular weight excluding hydrogens is 312 g/mol. The van der Waals surface area contributed by atoms with Gasteiger partial charge in [-0.25, -0.2) is 4.79 Å². The summed E-state index contributed by atoms with van der Waals surface area (Å²) in [6, 6.07) is 13.1. The van der Waals surface area contributed by atoms with Gasteiger partial charge in [0.25, 0.3) is 0 Å². The zero-order valence-corrected chi connectivity index (χ0v) is 13.3. The molecule has 2 heterocycles. The number of thiophene rings is 1. The van der Waals surface area contributed by atoms with Crippen molar-refractivity contribution in [3.8, 4) is 0 Å². The summed E-state index contributed by atoms with van der Waals surface area (Å²) in [6.07, 6.45) is -0.341. The highest BCUT2D eigenvalue weighted by molar-refractivity contribution is 7.09. The van der Waals surface area contributed by atoms with Crippen LogP contribution in [-0.2, 0) is 6.54 Å². The van der Waals surface area contributed by atoms with Crippen molar-refractivity contribution in [1.29, 1.82) is 0 Å². The molecule has 23 heavy (non-hydrogen) atoms. The minimum Gasteiger partial charge on any atom is -0.458 e. The maximum Gasteiger partial charge on any atom is 0.315 e. The van der Waals surface area contributed by atoms with Crippen LogP contribution in [0.4, 0.5) is 4.79 Å². The molecule has 0 fully saturated rings. The second-order valence-corrected chi connectivity index (χ2v) is 6.21. The predicted octanol–water partition coefficient (Wildman–Crippen LogP) is 3.42. The molecule has 0 aliphatic carbocycles. The van der Waals surface area contributed by atoms with Crippen molar-refractivity contribution in [2.45, 2.75) is 19.1 Å². The van der Waals surface area contributed by atoms with Gasteiger partial charge in [-0.3, -0.25) is 0 Å². The maximum atomic E-state index is 11.7. The first-order chi connectivity index (χ1) is 11.2. The van der Waals surface area contributed by atoms with Crippen LogP contribution in [0.5, 0.6) is 0 Å². The fourth-order valence-corrected chi connectivity index (χ4v) is 2.92. The second kappa shape index (κ2) is 7.30. The van der Waals surface area contributed by atoms with Crippen molar-refractivity contribution < 1.29 is 14.3 Å². The Kier molecular flexibility index (Phi) is 4.95. The maximum absolute atomic E-state index is 11.7. The standard InChI is InChI=1S/C17H18N2O3S/c20-14(16-10-12-4-1-2-6-15(12)22-16)7-8-18-17(21)19-11-13-5-3-9-23-13/h1-6,9-10,14,20H,7-8,11H2,(H2,18,19,21)/t14-/m0/s1. The van der Waals surface area contributed by atoms with Gasteiger partial charge in [0.2, 0.25) is 0 Å². The fraction of sp³-hybridized carbons (Fsp3) is 0.235. The summed E-state index contributed by atoms with van der Waals surface area (Å²) < 4.78 is 5.61. The van der Waals surface area contributed by atoms with Crippen molar-refractivity contribution in [2.75, 3.05) is 6.54 Å². The van der Waals surface area contributed by atoms with E-state index in [0.717, 1.165) is 15.8 Å². The minimum absolute atomic E-state index is 0.241. The number of benzene rings is 1. The number of para-hydroxylation sites is 1. The first-order valence-electron chi connectivity index (χ1n) is 7.43. The van der Waals surface area contributed by atoms with E-state index in [9.17, 15) is 9.90 Å². The normalized spacial score (nSPS) is 12.2. The number of fused-ring (bicyclic) bond motifs is 1. The van der Waals surface area contributed by atoms with Gasteiger partial charge in [0.15, 0.2) is 0 Å². The number of carbonyl (C=O) groups excluding carboxylic acids is 1. The number of urea groups is 1. The number of nitrogens with one attached hydrogen (secondary N) is 2. The Bertz CT molecular complexity index is 734. The van der Waals surface area contributed by atoms with Crippen LogP contribution < -0.4 is 10.6 Å². The van der Waals surface area contributed by atoms with E-state index in [1.54, 1.807) is 11.3 Å². The van der Waals surface area contributed by atoms with Crippen LogP contribution in [0.3, 0.4) is 0 Å². The van der Waals surface area contributed by atoms with E-state index in [4.69, 9.17) is 4.42 Å². The Morgan fingerprint density at radius 2 is 2.09 bits per heavy atom. The highest BCUT2D eigenvalue weighted by Crippen LogP contribution is 2.25. The average Bonchev–Trinajstić information content (AvgIpc) is 3.22. The molecule has 2 aromatic heterocycles. The lowest BCUT2D eigenvalue weighted by Gasteiger charge is -2.09. The van der Waals surface area contributed by atoms with E-state index >= 15 is 0 Å². The lowest BCUT2D eigenvalue weighted by atomic mass is 10.2. The molecule has 0 radical (unpaired) electrons. The molecule has 120 valence electrons. The molecular formula is C17H18N2O3S. The van der Waals surface area contributed by atoms with Crippen LogP contribution in [0, 0.1) is 0 Å². The number of hydrogen-bond donors (Lipinski definition) is 3. The first-order valence-corrected chi connectivity index (χ1v) is 8.31. The summed E-state index contributed by atoms with van der Waals surface area (Å²) in [4.78, 5) is 12.8. The van der Waals surface area contributed by atoms with E-state index in [-0.39, 0.29) is 6.03 Å². The highest BCUT2D eigenvalue weighted by Gasteiger charge is 2.13. The SMILES string of the molecule is O=C(NCC[C@H](O)c1cc2ccccc2o1)NCc1cccs1. The van der Waals surface area contributed by atoms with Crippen molar-refractivity contribution in [2.24, 2.45) is 0 Å². The van der Waals surface area contributed by atoms with E-state index < -0.39 is 6.10 Å². The van der Waals surface area contributed by atoms with Crippen molar-refractivity contribution in [1.82, 2.24) is 10.6 Å². The van der Waals surface area contributed by atoms with Crippen LogP contribution in [0.1, 0.15) is 23.2 Å². The summed E-state index contributed by atoms with van der Waals surface area (Å²) in [5, 5.41) is 18.6. The van der Waals surface area contributed by atoms with Crippen LogP contribution in [0.15, 0.2) is 52.3 Å². The first kappa shape index (κ1) is 15.6. The van der Waals surface area contributed by atoms with Gasteiger partial charge in [-0.15, -0.1) is 11.3 Å². The second-order valence-electron chi connectivity index (χ2n) is 5.18. The summed E-state index contributed by atoms with van der Waals surface area (Å²) in [5.41, 5.74) is 0.753. The zero-order valence-electron chi connectivity index (χ0n) is 12.5. The molecule has 2 amide bonds. The number of amides is 2. The van der Waals surface area contributed by atoms with Crippen LogP contribution in [-0.4, -0.2) is 17.7 Å². The average molecular weight is 330 g/mol. The number of aliphatic hydroxyl groups excluding tert-OH is 1. The molecule has 3 N–H and O–H groups in total. The lowest BCUT2D eigenvalue weighted by Crippen LogP contribution is -2.35. The Morgan fingerprint density at radius 3 is 2.87 bits per heavy atom. The van der Waals surface area contributed by atoms with Crippen LogP contribution >= 0.6 is 11.3 Å². The van der Waals surface area contributed by atoms with Gasteiger partial charge >= 0.3 is 6.03 Å². The molecule has 0 aliphatic rings. The number of furan rings is 1. The molecule has 0 bridgehead atoms. The van der Waals surface area contributed by atoms with Crippen molar-refractivity contribution in [3.63, 3.8) is 0 Å². The van der Waals surface area contributed by atoms with E-state index in [1.807, 2.05) is 47.8 Å². The van der Waals surface area contributed by atoms with Gasteiger partial charge in [0.1, 0.15) is 17.4 Å². The van der Waals surface area contributed by atoms with Gasteiger partial charge in [0, 0.05) is 16.8 Å². The predicted molar refractivity (Wildman–Crippen MR) is 90.3 cm³/mol. The third kappa shape index (κ3) is 4.12. The van der Waals surface area contributed by atoms with E-state index in [2.05, 4.69) is 10.6 Å². The Hall–Kier alpha value is -2.31. The largest absolute Gasteiger partial charge is 0.458 e. The Morgan fingerprint density at radius 1 is 1.22 bits per heavy atom. The van der Waals surface area contributed by atoms with E-state index in [0.29, 0.717) is 25.3 Å². The van der Waals surface area contributed by atoms with Gasteiger partial charge in [-0.1, -0.05) is 24.3 Å². The monoisotopic (exact) mass is 330 g/mol. The third-order valence-electron chi connectivity index (χ3n) is 3.48. The molecule has 1 aromatic carbocycles. The molecule has 0 saturated heterocycles. The number of carbonyl (C=O) groups is 1. The smallest absolute Gasteiger partial charge is 0.315 e. The molecule has 5 nitrogen and oxygen atoms in total. The molecule has 0 saturated carbocycles. The number of aliphatic hydroxyl groups is 1. The molecule has 0 aliphatic heterocycles. The quantitative estimate of drug-likeness (QED) is 0.648. The summed E-state index contributed by atoms with van der Waals surface area (Å²) >= 11 is 1.60. The molecule has 1 atom stereocenters. The summed E-state index contributed by atoms with van der Waals surface area (Å²) in [5.74, 6) is 0.520. The van der Waals surface area contributed by atoms with Gasteiger partial charge in [0.05, 0.1) is 6.54 Å². The molecule has 0 spiro atoms. The Balaban J connectivity index is 1.43. The van der Waals surface area contributed by atoms with Crippen molar-refractivity contribution >= 4 is 28.3 Å². The molecule has 3 aromatic rings. The summed E-state index contributed by atoms with van der Waals surface area (Å²) in [6.45, 7) is 0.879. The highest BCUT2D eigenvalue weighted by atomic mass is 32.1. The van der Waals surface area contributed by atoms with E-state index in [1.165, 1.54) is 0 Å². The number of rotatable bonds is 6. The van der Waals surface area contributed by atoms with Gasteiger partial charge in [-0.2, -0.15) is 0 Å².